The number of benzene rings is 1. The monoisotopic (exact) mass is 318 g/mol. The summed E-state index contributed by atoms with van der Waals surface area (Å²) in [5.74, 6) is 0.859. The molecule has 5 heteroatoms. The van der Waals surface area contributed by atoms with Crippen LogP contribution in [0.1, 0.15) is 32.4 Å². The largest absolute Gasteiger partial charge is 0.497 e. The van der Waals surface area contributed by atoms with Gasteiger partial charge < -0.3 is 10.1 Å². The summed E-state index contributed by atoms with van der Waals surface area (Å²) in [5.41, 5.74) is 1.86. The van der Waals surface area contributed by atoms with E-state index in [2.05, 4.69) is 17.2 Å². The molecule has 0 unspecified atom stereocenters. The van der Waals surface area contributed by atoms with Gasteiger partial charge in [-0.3, -0.25) is 4.79 Å². The van der Waals surface area contributed by atoms with Crippen molar-refractivity contribution in [2.24, 2.45) is 0 Å². The van der Waals surface area contributed by atoms with Crippen molar-refractivity contribution in [2.45, 2.75) is 39.2 Å². The molecule has 118 valence electrons. The van der Waals surface area contributed by atoms with E-state index in [0.717, 1.165) is 34.9 Å². The second-order valence-corrected chi connectivity index (χ2v) is 6.16. The van der Waals surface area contributed by atoms with Crippen molar-refractivity contribution in [3.05, 3.63) is 35.3 Å². The third-order valence-electron chi connectivity index (χ3n) is 3.36. The number of carbonyl (C=O) groups is 1. The van der Waals surface area contributed by atoms with Gasteiger partial charge in [-0.1, -0.05) is 13.3 Å². The molecule has 1 amide bonds. The Morgan fingerprint density at radius 3 is 2.73 bits per heavy atom. The summed E-state index contributed by atoms with van der Waals surface area (Å²) in [6, 6.07) is 8.00. The van der Waals surface area contributed by atoms with Crippen LogP contribution in [0.4, 0.5) is 0 Å². The van der Waals surface area contributed by atoms with Crippen LogP contribution in [0.2, 0.25) is 0 Å². The van der Waals surface area contributed by atoms with E-state index in [9.17, 15) is 4.79 Å². The van der Waals surface area contributed by atoms with Gasteiger partial charge in [-0.05, 0) is 37.6 Å². The fourth-order valence-electron chi connectivity index (χ4n) is 2.25. The van der Waals surface area contributed by atoms with Gasteiger partial charge in [0.15, 0.2) is 0 Å². The Balaban J connectivity index is 1.97. The first kappa shape index (κ1) is 16.5. The standard InChI is InChI=1S/C17H22N2O2S/c1-4-5-12(2)18-16(20)10-14-11-22-17(19-14)13-6-8-15(21-3)9-7-13/h6-9,11-12H,4-5,10H2,1-3H3,(H,18,20)/t12-/m1/s1. The zero-order chi connectivity index (χ0) is 15.9. The van der Waals surface area contributed by atoms with E-state index < -0.39 is 0 Å². The van der Waals surface area contributed by atoms with Crippen molar-refractivity contribution in [3.63, 3.8) is 0 Å². The minimum atomic E-state index is 0.0348. The first-order valence-corrected chi connectivity index (χ1v) is 8.38. The van der Waals surface area contributed by atoms with Crippen LogP contribution in [0.25, 0.3) is 10.6 Å². The Kier molecular flexibility index (Phi) is 5.95. The highest BCUT2D eigenvalue weighted by molar-refractivity contribution is 7.13. The molecule has 1 atom stereocenters. The van der Waals surface area contributed by atoms with E-state index in [1.54, 1.807) is 18.4 Å². The fourth-order valence-corrected chi connectivity index (χ4v) is 3.08. The molecule has 2 aromatic rings. The Bertz CT molecular complexity index is 607. The van der Waals surface area contributed by atoms with E-state index in [1.165, 1.54) is 0 Å². The summed E-state index contributed by atoms with van der Waals surface area (Å²) < 4.78 is 5.15. The number of methoxy groups -OCH3 is 1. The average Bonchev–Trinajstić information content (AvgIpc) is 2.95. The van der Waals surface area contributed by atoms with Crippen molar-refractivity contribution in [1.82, 2.24) is 10.3 Å². The first-order valence-electron chi connectivity index (χ1n) is 7.50. The molecule has 1 aromatic heterocycles. The second-order valence-electron chi connectivity index (χ2n) is 5.31. The van der Waals surface area contributed by atoms with Crippen LogP contribution in [0.3, 0.4) is 0 Å². The topological polar surface area (TPSA) is 51.2 Å². The Morgan fingerprint density at radius 2 is 2.09 bits per heavy atom. The maximum Gasteiger partial charge on any atom is 0.226 e. The summed E-state index contributed by atoms with van der Waals surface area (Å²) in [6.45, 7) is 4.15. The van der Waals surface area contributed by atoms with Crippen LogP contribution in [0.15, 0.2) is 29.6 Å². The van der Waals surface area contributed by atoms with E-state index in [1.807, 2.05) is 36.6 Å². The van der Waals surface area contributed by atoms with Gasteiger partial charge >= 0.3 is 0 Å². The quantitative estimate of drug-likeness (QED) is 0.847. The number of nitrogens with one attached hydrogen (secondary N) is 1. The van der Waals surface area contributed by atoms with Crippen molar-refractivity contribution >= 4 is 17.2 Å². The van der Waals surface area contributed by atoms with Crippen molar-refractivity contribution in [3.8, 4) is 16.3 Å². The molecule has 1 N–H and O–H groups in total. The number of nitrogens with zero attached hydrogens (tertiary/aromatic N) is 1. The minimum absolute atomic E-state index is 0.0348. The molecule has 22 heavy (non-hydrogen) atoms. The summed E-state index contributed by atoms with van der Waals surface area (Å²) >= 11 is 1.56. The van der Waals surface area contributed by atoms with Crippen LogP contribution in [-0.2, 0) is 11.2 Å². The lowest BCUT2D eigenvalue weighted by Gasteiger charge is -2.11. The van der Waals surface area contributed by atoms with E-state index >= 15 is 0 Å². The lowest BCUT2D eigenvalue weighted by atomic mass is 10.2. The van der Waals surface area contributed by atoms with E-state index in [0.29, 0.717) is 6.42 Å². The van der Waals surface area contributed by atoms with Crippen molar-refractivity contribution in [1.29, 1.82) is 0 Å². The lowest BCUT2D eigenvalue weighted by molar-refractivity contribution is -0.121. The lowest BCUT2D eigenvalue weighted by Crippen LogP contribution is -2.33. The molecular formula is C17H22N2O2S. The molecule has 0 saturated heterocycles. The highest BCUT2D eigenvalue weighted by Crippen LogP contribution is 2.25. The summed E-state index contributed by atoms with van der Waals surface area (Å²) in [7, 11) is 1.65. The molecule has 2 rings (SSSR count). The van der Waals surface area contributed by atoms with Gasteiger partial charge in [0.25, 0.3) is 0 Å². The zero-order valence-electron chi connectivity index (χ0n) is 13.3. The Morgan fingerprint density at radius 1 is 1.36 bits per heavy atom. The first-order chi connectivity index (χ1) is 10.6. The maximum atomic E-state index is 12.0. The van der Waals surface area contributed by atoms with E-state index in [4.69, 9.17) is 4.74 Å². The minimum Gasteiger partial charge on any atom is -0.497 e. The summed E-state index contributed by atoms with van der Waals surface area (Å²) in [4.78, 5) is 16.5. The van der Waals surface area contributed by atoms with Crippen LogP contribution in [-0.4, -0.2) is 24.0 Å². The number of amides is 1. The second kappa shape index (κ2) is 7.94. The zero-order valence-corrected chi connectivity index (χ0v) is 14.1. The van der Waals surface area contributed by atoms with Crippen LogP contribution in [0, 0.1) is 0 Å². The summed E-state index contributed by atoms with van der Waals surface area (Å²) in [6.07, 6.45) is 2.40. The van der Waals surface area contributed by atoms with Gasteiger partial charge in [0.1, 0.15) is 10.8 Å². The highest BCUT2D eigenvalue weighted by atomic mass is 32.1. The highest BCUT2D eigenvalue weighted by Gasteiger charge is 2.11. The Labute approximate surface area is 135 Å². The van der Waals surface area contributed by atoms with Crippen LogP contribution in [0.5, 0.6) is 5.75 Å². The number of aromatic nitrogens is 1. The predicted molar refractivity (Wildman–Crippen MR) is 90.3 cm³/mol. The van der Waals surface area contributed by atoms with Gasteiger partial charge in [0.2, 0.25) is 5.91 Å². The normalized spacial score (nSPS) is 12.0. The van der Waals surface area contributed by atoms with Crippen molar-refractivity contribution < 1.29 is 9.53 Å². The number of ether oxygens (including phenoxy) is 1. The molecule has 1 heterocycles. The molecular weight excluding hydrogens is 296 g/mol. The average molecular weight is 318 g/mol. The maximum absolute atomic E-state index is 12.0. The van der Waals surface area contributed by atoms with Gasteiger partial charge in [-0.25, -0.2) is 4.98 Å². The molecule has 0 fully saturated rings. The van der Waals surface area contributed by atoms with Gasteiger partial charge in [-0.2, -0.15) is 0 Å². The number of rotatable bonds is 7. The fraction of sp³-hybridized carbons (Fsp3) is 0.412. The number of carbonyl (C=O) groups excluding carboxylic acids is 1. The van der Waals surface area contributed by atoms with Crippen LogP contribution >= 0.6 is 11.3 Å². The molecule has 0 radical (unpaired) electrons. The van der Waals surface area contributed by atoms with Crippen molar-refractivity contribution in [2.75, 3.05) is 7.11 Å². The Hall–Kier alpha value is -1.88. The van der Waals surface area contributed by atoms with Gasteiger partial charge in [0, 0.05) is 17.0 Å². The molecule has 4 nitrogen and oxygen atoms in total. The smallest absolute Gasteiger partial charge is 0.226 e. The molecule has 0 aliphatic rings. The van der Waals surface area contributed by atoms with Crippen LogP contribution < -0.4 is 10.1 Å². The SMILES string of the molecule is CCC[C@@H](C)NC(=O)Cc1csc(-c2ccc(OC)cc2)n1. The third kappa shape index (κ3) is 4.56. The predicted octanol–water partition coefficient (Wildman–Crippen LogP) is 3.67. The number of hydrogen-bond donors (Lipinski definition) is 1. The molecule has 0 bridgehead atoms. The number of thiazole rings is 1. The molecule has 1 aromatic carbocycles. The van der Waals surface area contributed by atoms with Gasteiger partial charge in [0.05, 0.1) is 19.2 Å². The molecule has 0 aliphatic heterocycles. The third-order valence-corrected chi connectivity index (χ3v) is 4.30. The van der Waals surface area contributed by atoms with E-state index in [-0.39, 0.29) is 11.9 Å². The summed E-state index contributed by atoms with van der Waals surface area (Å²) in [5, 5.41) is 5.87. The van der Waals surface area contributed by atoms with Gasteiger partial charge in [-0.15, -0.1) is 11.3 Å². The number of hydrogen-bond acceptors (Lipinski definition) is 4. The molecule has 0 saturated carbocycles. The molecule has 0 aliphatic carbocycles. The molecule has 0 spiro atoms.